The van der Waals surface area contributed by atoms with Crippen LogP contribution < -0.4 is 4.74 Å². The SMILES string of the molecule is COc1ccnc2c(-c3ccc(CSC)cc3)ccnc12. The van der Waals surface area contributed by atoms with E-state index in [1.165, 1.54) is 5.56 Å². The maximum atomic E-state index is 5.36. The van der Waals surface area contributed by atoms with E-state index in [4.69, 9.17) is 4.74 Å². The van der Waals surface area contributed by atoms with E-state index in [-0.39, 0.29) is 0 Å². The zero-order valence-electron chi connectivity index (χ0n) is 12.0. The Kier molecular flexibility index (Phi) is 4.06. The van der Waals surface area contributed by atoms with Gasteiger partial charge in [0.2, 0.25) is 0 Å². The molecule has 0 unspecified atom stereocenters. The molecule has 0 aliphatic carbocycles. The maximum absolute atomic E-state index is 5.36. The molecule has 0 N–H and O–H groups in total. The van der Waals surface area contributed by atoms with Crippen molar-refractivity contribution in [3.63, 3.8) is 0 Å². The summed E-state index contributed by atoms with van der Waals surface area (Å²) in [6.07, 6.45) is 5.67. The summed E-state index contributed by atoms with van der Waals surface area (Å²) < 4.78 is 5.36. The molecule has 3 aromatic rings. The number of ether oxygens (including phenoxy) is 1. The lowest BCUT2D eigenvalue weighted by molar-refractivity contribution is 0.418. The van der Waals surface area contributed by atoms with E-state index in [0.717, 1.165) is 33.7 Å². The summed E-state index contributed by atoms with van der Waals surface area (Å²) in [5, 5.41) is 0. The number of thioether (sulfide) groups is 1. The molecule has 3 rings (SSSR count). The maximum Gasteiger partial charge on any atom is 0.148 e. The second-order valence-electron chi connectivity index (χ2n) is 4.70. The van der Waals surface area contributed by atoms with Crippen molar-refractivity contribution in [1.29, 1.82) is 0 Å². The summed E-state index contributed by atoms with van der Waals surface area (Å²) in [7, 11) is 1.65. The molecule has 1 aromatic carbocycles. The number of aromatic nitrogens is 2. The van der Waals surface area contributed by atoms with Crippen LogP contribution in [0.5, 0.6) is 5.75 Å². The lowest BCUT2D eigenvalue weighted by Gasteiger charge is -2.09. The van der Waals surface area contributed by atoms with E-state index in [1.54, 1.807) is 19.5 Å². The van der Waals surface area contributed by atoms with Crippen LogP contribution in [-0.2, 0) is 5.75 Å². The third-order valence-electron chi connectivity index (χ3n) is 3.38. The minimum absolute atomic E-state index is 0.751. The van der Waals surface area contributed by atoms with Crippen LogP contribution >= 0.6 is 11.8 Å². The molecule has 0 aliphatic heterocycles. The van der Waals surface area contributed by atoms with Gasteiger partial charge in [0.05, 0.1) is 7.11 Å². The minimum Gasteiger partial charge on any atom is -0.494 e. The van der Waals surface area contributed by atoms with Gasteiger partial charge >= 0.3 is 0 Å². The van der Waals surface area contributed by atoms with E-state index in [0.29, 0.717) is 0 Å². The zero-order chi connectivity index (χ0) is 14.7. The summed E-state index contributed by atoms with van der Waals surface area (Å²) in [6.45, 7) is 0. The van der Waals surface area contributed by atoms with Gasteiger partial charge in [-0.1, -0.05) is 24.3 Å². The number of nitrogens with zero attached hydrogens (tertiary/aromatic N) is 2. The van der Waals surface area contributed by atoms with Crippen LogP contribution in [0.4, 0.5) is 0 Å². The summed E-state index contributed by atoms with van der Waals surface area (Å²) in [4.78, 5) is 8.87. The molecular formula is C17H16N2OS. The second-order valence-corrected chi connectivity index (χ2v) is 5.56. The Morgan fingerprint density at radius 1 is 0.952 bits per heavy atom. The fourth-order valence-corrected chi connectivity index (χ4v) is 2.89. The Bertz CT molecular complexity index is 756. The fourth-order valence-electron chi connectivity index (χ4n) is 2.37. The number of pyridine rings is 2. The lowest BCUT2D eigenvalue weighted by Crippen LogP contribution is -1.92. The molecule has 2 heterocycles. The number of methoxy groups -OCH3 is 1. The Balaban J connectivity index is 2.12. The highest BCUT2D eigenvalue weighted by Crippen LogP contribution is 2.30. The monoisotopic (exact) mass is 296 g/mol. The minimum atomic E-state index is 0.751. The molecule has 21 heavy (non-hydrogen) atoms. The second kappa shape index (κ2) is 6.14. The topological polar surface area (TPSA) is 35.0 Å². The first-order valence-electron chi connectivity index (χ1n) is 6.69. The molecule has 0 spiro atoms. The van der Waals surface area contributed by atoms with Gasteiger partial charge in [0, 0.05) is 29.8 Å². The third-order valence-corrected chi connectivity index (χ3v) is 4.01. The third kappa shape index (κ3) is 2.72. The van der Waals surface area contributed by atoms with Crippen LogP contribution in [0.1, 0.15) is 5.56 Å². The van der Waals surface area contributed by atoms with Gasteiger partial charge in [0.25, 0.3) is 0 Å². The summed E-state index contributed by atoms with van der Waals surface area (Å²) in [6, 6.07) is 12.4. The smallest absolute Gasteiger partial charge is 0.148 e. The summed E-state index contributed by atoms with van der Waals surface area (Å²) >= 11 is 1.83. The Morgan fingerprint density at radius 2 is 1.67 bits per heavy atom. The first kappa shape index (κ1) is 13.9. The van der Waals surface area contributed by atoms with Gasteiger partial charge < -0.3 is 4.74 Å². The van der Waals surface area contributed by atoms with Gasteiger partial charge in [-0.3, -0.25) is 9.97 Å². The normalized spacial score (nSPS) is 10.8. The van der Waals surface area contributed by atoms with E-state index >= 15 is 0 Å². The molecule has 0 saturated heterocycles. The van der Waals surface area contributed by atoms with Crippen molar-refractivity contribution in [2.45, 2.75) is 5.75 Å². The van der Waals surface area contributed by atoms with Gasteiger partial charge in [-0.05, 0) is 23.4 Å². The van der Waals surface area contributed by atoms with Crippen LogP contribution in [0.25, 0.3) is 22.2 Å². The van der Waals surface area contributed by atoms with E-state index in [9.17, 15) is 0 Å². The predicted molar refractivity (Wildman–Crippen MR) is 88.7 cm³/mol. The van der Waals surface area contributed by atoms with Crippen molar-refractivity contribution in [3.8, 4) is 16.9 Å². The van der Waals surface area contributed by atoms with E-state index in [2.05, 4.69) is 40.5 Å². The molecule has 2 aromatic heterocycles. The van der Waals surface area contributed by atoms with E-state index in [1.807, 2.05) is 23.9 Å². The van der Waals surface area contributed by atoms with Crippen molar-refractivity contribution in [2.75, 3.05) is 13.4 Å². The summed E-state index contributed by atoms with van der Waals surface area (Å²) in [5.41, 5.74) is 5.22. The Hall–Kier alpha value is -2.07. The molecule has 0 bridgehead atoms. The van der Waals surface area contributed by atoms with Gasteiger partial charge in [-0.2, -0.15) is 11.8 Å². The van der Waals surface area contributed by atoms with Gasteiger partial charge in [-0.15, -0.1) is 0 Å². The van der Waals surface area contributed by atoms with Crippen molar-refractivity contribution in [2.24, 2.45) is 0 Å². The van der Waals surface area contributed by atoms with Gasteiger partial charge in [-0.25, -0.2) is 0 Å². The van der Waals surface area contributed by atoms with E-state index < -0.39 is 0 Å². The molecule has 0 amide bonds. The first-order chi connectivity index (χ1) is 10.3. The molecule has 0 radical (unpaired) electrons. The van der Waals surface area contributed by atoms with Crippen LogP contribution in [0.2, 0.25) is 0 Å². The number of hydrogen-bond acceptors (Lipinski definition) is 4. The molecule has 0 fully saturated rings. The predicted octanol–water partition coefficient (Wildman–Crippen LogP) is 4.17. The number of rotatable bonds is 4. The highest BCUT2D eigenvalue weighted by Gasteiger charge is 2.09. The largest absolute Gasteiger partial charge is 0.494 e. The highest BCUT2D eigenvalue weighted by molar-refractivity contribution is 7.97. The van der Waals surface area contributed by atoms with Crippen LogP contribution in [0.15, 0.2) is 48.8 Å². The van der Waals surface area contributed by atoms with Crippen molar-refractivity contribution >= 4 is 22.8 Å². The van der Waals surface area contributed by atoms with Crippen LogP contribution in [0.3, 0.4) is 0 Å². The lowest BCUT2D eigenvalue weighted by atomic mass is 10.0. The van der Waals surface area contributed by atoms with Crippen LogP contribution in [-0.4, -0.2) is 23.3 Å². The molecule has 0 aliphatic rings. The number of benzene rings is 1. The molecule has 0 atom stereocenters. The van der Waals surface area contributed by atoms with Crippen molar-refractivity contribution in [3.05, 3.63) is 54.4 Å². The summed E-state index contributed by atoms with van der Waals surface area (Å²) in [5.74, 6) is 1.78. The van der Waals surface area contributed by atoms with Gasteiger partial charge in [0.15, 0.2) is 0 Å². The first-order valence-corrected chi connectivity index (χ1v) is 8.09. The average molecular weight is 296 g/mol. The Morgan fingerprint density at radius 3 is 2.38 bits per heavy atom. The standard InChI is InChI=1S/C17H16N2OS/c1-20-15-8-10-18-16-14(7-9-19-17(15)16)13-5-3-12(4-6-13)11-21-2/h3-10H,11H2,1-2H3. The quantitative estimate of drug-likeness (QED) is 0.724. The molecule has 3 nitrogen and oxygen atoms in total. The average Bonchev–Trinajstić information content (AvgIpc) is 2.55. The molecule has 106 valence electrons. The van der Waals surface area contributed by atoms with Crippen molar-refractivity contribution in [1.82, 2.24) is 9.97 Å². The molecule has 0 saturated carbocycles. The zero-order valence-corrected chi connectivity index (χ0v) is 12.9. The molecular weight excluding hydrogens is 280 g/mol. The number of hydrogen-bond donors (Lipinski definition) is 0. The number of fused-ring (bicyclic) bond motifs is 1. The van der Waals surface area contributed by atoms with Crippen LogP contribution in [0, 0.1) is 0 Å². The Labute approximate surface area is 128 Å². The van der Waals surface area contributed by atoms with Crippen molar-refractivity contribution < 1.29 is 4.74 Å². The fraction of sp³-hybridized carbons (Fsp3) is 0.176. The highest BCUT2D eigenvalue weighted by atomic mass is 32.2. The van der Waals surface area contributed by atoms with Gasteiger partial charge in [0.1, 0.15) is 16.8 Å². The molecule has 4 heteroatoms.